The van der Waals surface area contributed by atoms with Crippen molar-refractivity contribution in [3.05, 3.63) is 60.7 Å². The minimum absolute atomic E-state index is 0.0969. The van der Waals surface area contributed by atoms with Crippen LogP contribution in [-0.4, -0.2) is 18.9 Å². The molecule has 2 N–H and O–H groups in total. The highest BCUT2D eigenvalue weighted by Crippen LogP contribution is 2.07. The first-order valence-corrected chi connectivity index (χ1v) is 7.69. The third kappa shape index (κ3) is 3.98. The molecule has 4 heteroatoms. The summed E-state index contributed by atoms with van der Waals surface area (Å²) in [7, 11) is 0. The standard InChI is InChI=1S/C18H22BNO2/c1-3-14(2)17(20)18(21)22-19(15-10-6-4-7-11-15)16-12-8-5-9-13-16/h4-14,17H,3,20H2,1-2H3. The topological polar surface area (TPSA) is 52.3 Å². The fraction of sp³-hybridized carbons (Fsp3) is 0.278. The predicted molar refractivity (Wildman–Crippen MR) is 91.4 cm³/mol. The highest BCUT2D eigenvalue weighted by Gasteiger charge is 2.29. The van der Waals surface area contributed by atoms with Gasteiger partial charge in [-0.2, -0.15) is 0 Å². The Hall–Kier alpha value is -2.07. The van der Waals surface area contributed by atoms with Crippen LogP contribution in [0.3, 0.4) is 0 Å². The zero-order valence-electron chi connectivity index (χ0n) is 13.1. The summed E-state index contributed by atoms with van der Waals surface area (Å²) in [5, 5.41) is 0. The summed E-state index contributed by atoms with van der Waals surface area (Å²) >= 11 is 0. The normalized spacial score (nSPS) is 13.2. The van der Waals surface area contributed by atoms with Crippen molar-refractivity contribution in [2.24, 2.45) is 11.7 Å². The van der Waals surface area contributed by atoms with Gasteiger partial charge in [0.25, 0.3) is 0 Å². The second kappa shape index (κ2) is 7.80. The summed E-state index contributed by atoms with van der Waals surface area (Å²) in [6.45, 7) is 3.56. The van der Waals surface area contributed by atoms with Crippen molar-refractivity contribution in [2.45, 2.75) is 26.3 Å². The lowest BCUT2D eigenvalue weighted by molar-refractivity contribution is -0.137. The number of rotatable bonds is 6. The number of benzene rings is 2. The Morgan fingerprint density at radius 3 is 1.91 bits per heavy atom. The van der Waals surface area contributed by atoms with Crippen LogP contribution in [0.1, 0.15) is 20.3 Å². The smallest absolute Gasteiger partial charge is 0.429 e. The highest BCUT2D eigenvalue weighted by atomic mass is 16.5. The van der Waals surface area contributed by atoms with Gasteiger partial charge in [0.05, 0.1) is 0 Å². The SMILES string of the molecule is CCC(C)C(N)C(=O)OB(c1ccccc1)c1ccccc1. The van der Waals surface area contributed by atoms with Gasteiger partial charge in [0, 0.05) is 0 Å². The van der Waals surface area contributed by atoms with Gasteiger partial charge >= 0.3 is 12.9 Å². The van der Waals surface area contributed by atoms with Crippen LogP contribution in [0.25, 0.3) is 0 Å². The molecule has 2 aromatic carbocycles. The van der Waals surface area contributed by atoms with Gasteiger partial charge in [0.15, 0.2) is 0 Å². The monoisotopic (exact) mass is 295 g/mol. The van der Waals surface area contributed by atoms with E-state index in [4.69, 9.17) is 10.4 Å². The highest BCUT2D eigenvalue weighted by molar-refractivity contribution is 6.81. The van der Waals surface area contributed by atoms with Crippen LogP contribution in [0.5, 0.6) is 0 Å². The van der Waals surface area contributed by atoms with Crippen LogP contribution < -0.4 is 16.7 Å². The summed E-state index contributed by atoms with van der Waals surface area (Å²) in [5.41, 5.74) is 7.89. The van der Waals surface area contributed by atoms with Crippen molar-refractivity contribution in [1.29, 1.82) is 0 Å². The molecule has 0 heterocycles. The Morgan fingerprint density at radius 2 is 1.50 bits per heavy atom. The summed E-state index contributed by atoms with van der Waals surface area (Å²) < 4.78 is 5.74. The van der Waals surface area contributed by atoms with Crippen LogP contribution in [0.4, 0.5) is 0 Å². The Bertz CT molecular complexity index is 549. The lowest BCUT2D eigenvalue weighted by Gasteiger charge is -2.21. The van der Waals surface area contributed by atoms with E-state index in [2.05, 4.69) is 0 Å². The predicted octanol–water partition coefficient (Wildman–Crippen LogP) is 1.71. The van der Waals surface area contributed by atoms with Gasteiger partial charge in [-0.3, -0.25) is 4.79 Å². The van der Waals surface area contributed by atoms with E-state index in [0.717, 1.165) is 17.3 Å². The van der Waals surface area contributed by atoms with E-state index in [9.17, 15) is 4.79 Å². The first-order chi connectivity index (χ1) is 10.6. The molecule has 2 rings (SSSR count). The number of hydrogen-bond donors (Lipinski definition) is 1. The summed E-state index contributed by atoms with van der Waals surface area (Å²) in [6.07, 6.45) is 0.845. The molecule has 0 spiro atoms. The largest absolute Gasteiger partial charge is 0.525 e. The number of carbonyl (C=O) groups is 1. The molecule has 0 fully saturated rings. The second-order valence-electron chi connectivity index (χ2n) is 5.55. The van der Waals surface area contributed by atoms with Gasteiger partial charge in [-0.15, -0.1) is 0 Å². The molecule has 3 nitrogen and oxygen atoms in total. The Kier molecular flexibility index (Phi) is 5.79. The van der Waals surface area contributed by atoms with Crippen molar-refractivity contribution in [3.8, 4) is 0 Å². The number of hydrogen-bond acceptors (Lipinski definition) is 3. The fourth-order valence-electron chi connectivity index (χ4n) is 2.27. The maximum atomic E-state index is 12.4. The van der Waals surface area contributed by atoms with Crippen molar-refractivity contribution in [3.63, 3.8) is 0 Å². The molecular formula is C18H22BNO2. The van der Waals surface area contributed by atoms with Crippen LogP contribution in [0, 0.1) is 5.92 Å². The molecule has 22 heavy (non-hydrogen) atoms. The summed E-state index contributed by atoms with van der Waals surface area (Å²) in [4.78, 5) is 12.4. The number of nitrogens with two attached hydrogens (primary N) is 1. The first kappa shape index (κ1) is 16.3. The molecule has 2 aromatic rings. The quantitative estimate of drug-likeness (QED) is 0.825. The molecule has 0 aliphatic carbocycles. The molecule has 0 radical (unpaired) electrons. The average molecular weight is 295 g/mol. The molecule has 114 valence electrons. The van der Waals surface area contributed by atoms with E-state index < -0.39 is 13.0 Å². The van der Waals surface area contributed by atoms with Gasteiger partial charge in [-0.1, -0.05) is 80.9 Å². The van der Waals surface area contributed by atoms with Crippen molar-refractivity contribution < 1.29 is 9.45 Å². The molecule has 0 bridgehead atoms. The Labute approximate surface area is 132 Å². The van der Waals surface area contributed by atoms with Crippen molar-refractivity contribution in [2.75, 3.05) is 0 Å². The fourth-order valence-corrected chi connectivity index (χ4v) is 2.27. The van der Waals surface area contributed by atoms with Crippen LogP contribution in [0.15, 0.2) is 60.7 Å². The molecule has 0 aromatic heterocycles. The van der Waals surface area contributed by atoms with Crippen LogP contribution >= 0.6 is 0 Å². The van der Waals surface area contributed by atoms with E-state index in [1.807, 2.05) is 74.5 Å². The van der Waals surface area contributed by atoms with E-state index >= 15 is 0 Å². The minimum Gasteiger partial charge on any atom is -0.525 e. The van der Waals surface area contributed by atoms with Crippen LogP contribution in [-0.2, 0) is 9.45 Å². The van der Waals surface area contributed by atoms with E-state index in [0.29, 0.717) is 0 Å². The Morgan fingerprint density at radius 1 is 1.05 bits per heavy atom. The van der Waals surface area contributed by atoms with E-state index in [-0.39, 0.29) is 11.9 Å². The van der Waals surface area contributed by atoms with Crippen molar-refractivity contribution in [1.82, 2.24) is 0 Å². The average Bonchev–Trinajstić information content (AvgIpc) is 2.59. The third-order valence-electron chi connectivity index (χ3n) is 3.97. The Balaban J connectivity index is 2.25. The zero-order chi connectivity index (χ0) is 15.9. The lowest BCUT2D eigenvalue weighted by Crippen LogP contribution is -2.50. The molecule has 0 aliphatic rings. The van der Waals surface area contributed by atoms with E-state index in [1.165, 1.54) is 0 Å². The van der Waals surface area contributed by atoms with Gasteiger partial charge in [0.2, 0.25) is 0 Å². The zero-order valence-corrected chi connectivity index (χ0v) is 13.1. The maximum Gasteiger partial charge on any atom is 0.429 e. The summed E-state index contributed by atoms with van der Waals surface area (Å²) in [6, 6.07) is 18.9. The molecule has 0 aliphatic heterocycles. The lowest BCUT2D eigenvalue weighted by atomic mass is 9.55. The minimum atomic E-state index is -0.597. The molecule has 0 amide bonds. The molecular weight excluding hydrogens is 273 g/mol. The van der Waals surface area contributed by atoms with E-state index in [1.54, 1.807) is 0 Å². The molecule has 0 saturated heterocycles. The molecule has 2 unspecified atom stereocenters. The van der Waals surface area contributed by atoms with Gasteiger partial charge in [0.1, 0.15) is 6.04 Å². The van der Waals surface area contributed by atoms with Gasteiger partial charge < -0.3 is 10.4 Å². The number of carbonyl (C=O) groups excluding carboxylic acids is 1. The molecule has 0 saturated carbocycles. The van der Waals surface area contributed by atoms with Gasteiger partial charge in [-0.25, -0.2) is 0 Å². The summed E-state index contributed by atoms with van der Waals surface area (Å²) in [5.74, 6) is -0.258. The third-order valence-corrected chi connectivity index (χ3v) is 3.97. The van der Waals surface area contributed by atoms with Crippen molar-refractivity contribution >= 4 is 23.8 Å². The maximum absolute atomic E-state index is 12.4. The second-order valence-corrected chi connectivity index (χ2v) is 5.55. The van der Waals surface area contributed by atoms with Gasteiger partial charge in [-0.05, 0) is 16.8 Å². The molecule has 2 atom stereocenters. The van der Waals surface area contributed by atoms with Crippen LogP contribution in [0.2, 0.25) is 0 Å². The first-order valence-electron chi connectivity index (χ1n) is 7.69.